The monoisotopic (exact) mass is 1350 g/mol. The number of hydrogen-bond donors (Lipinski definition) is 3. The number of aldehydes is 1. The van der Waals surface area contributed by atoms with Gasteiger partial charge in [0.25, 0.3) is 11.9 Å². The summed E-state index contributed by atoms with van der Waals surface area (Å²) in [6.07, 6.45) is 17.3. The number of likely N-dealkylation sites (tertiary alicyclic amines) is 2. The molecule has 0 aromatic carbocycles. The van der Waals surface area contributed by atoms with Gasteiger partial charge in [0.05, 0.1) is 56.6 Å². The molecule has 4 aliphatic carbocycles. The second kappa shape index (κ2) is 39.4. The van der Waals surface area contributed by atoms with Gasteiger partial charge in [0.15, 0.2) is 11.5 Å². The lowest BCUT2D eigenvalue weighted by atomic mass is 9.99. The Balaban J connectivity index is 0.000000320. The van der Waals surface area contributed by atoms with E-state index in [0.29, 0.717) is 36.7 Å². The average molecular weight is 1350 g/mol. The zero-order valence-corrected chi connectivity index (χ0v) is 58.2. The molecule has 520 valence electrons. The van der Waals surface area contributed by atoms with Gasteiger partial charge in [0, 0.05) is 169 Å². The Morgan fingerprint density at radius 1 is 0.648 bits per heavy atom. The van der Waals surface area contributed by atoms with Crippen molar-refractivity contribution in [3.63, 3.8) is 0 Å². The van der Waals surface area contributed by atoms with Gasteiger partial charge in [-0.2, -0.15) is 9.37 Å². The number of imidazole rings is 1. The first-order valence-electron chi connectivity index (χ1n) is 31.6. The van der Waals surface area contributed by atoms with E-state index in [-0.39, 0.29) is 78.0 Å². The summed E-state index contributed by atoms with van der Waals surface area (Å²) >= 11 is 0. The molecule has 0 bridgehead atoms. The number of aryl methyl sites for hydroxylation is 1. The summed E-state index contributed by atoms with van der Waals surface area (Å²) in [7, 11) is 7.01. The third-order valence-corrected chi connectivity index (χ3v) is 15.9. The van der Waals surface area contributed by atoms with Gasteiger partial charge in [0.2, 0.25) is 0 Å². The zero-order valence-electron chi connectivity index (χ0n) is 55.7. The van der Waals surface area contributed by atoms with Gasteiger partial charge < -0.3 is 69.3 Å². The number of halogens is 4. The molecule has 4 aliphatic heterocycles. The molecule has 29 heteroatoms. The molecule has 4 saturated carbocycles. The highest BCUT2D eigenvalue weighted by atomic mass is 35.5. The number of rotatable bonds is 26. The number of amides is 3. The first kappa shape index (κ1) is 80.8. The minimum atomic E-state index is -0.753. The van der Waals surface area contributed by atoms with Crippen molar-refractivity contribution in [2.24, 2.45) is 23.7 Å². The molecule has 25 nitrogen and oxygen atoms in total. The van der Waals surface area contributed by atoms with Crippen LogP contribution >= 0.6 is 37.2 Å². The zero-order chi connectivity index (χ0) is 62.7. The molecule has 91 heavy (non-hydrogen) atoms. The molecule has 8 aliphatic rings. The number of fused-ring (bicyclic) bond motifs is 1. The van der Waals surface area contributed by atoms with E-state index in [1.807, 2.05) is 41.5 Å². The van der Waals surface area contributed by atoms with Crippen LogP contribution in [0.4, 0.5) is 25.6 Å². The minimum Gasteiger partial charge on any atom is -0.444 e. The van der Waals surface area contributed by atoms with Crippen molar-refractivity contribution in [3.8, 4) is 0 Å². The lowest BCUT2D eigenvalue weighted by Crippen LogP contribution is -2.55. The number of carbonyl (C=O) groups is 4. The molecular formula is C62H108Cl3FN14O11. The standard InChI is InChI=1S/C22H27FN8O2.C15H28N2O3.C10H20N2O.C9H15NO3.C6H13NO.3ClH.H2O/c1-14-9-31-13-18(27-20(23)21(31)26-14)28-22(32)17-7-25-19(8-24-17)30-11-15(12-30)10-29(5-6-33-2)16-3-4-16;1-15(2,3)20-14(18)17-10-12(11-17)9-16(7-8-19-4)13-5-6-13;1-13-5-4-12(10-2-3-10)8-9-6-11-7-9;1-9(2,3)13-8(12)10-4-7(5-10)6-11;1-8-5-4-7-6-2-3-6;;;;/h7-9,13,15-16H,3-6,10-12H2,1-2H3,(H,28,32);12-13H,5-11H2,1-4H3;9-11H,2-8H2,1H3;6-7H,4-5H2,1-3H3;6-7H,2-5H2,1H3;3*1H;1H2. The minimum absolute atomic E-state index is 0. The highest BCUT2D eigenvalue weighted by molar-refractivity contribution is 6.02. The molecule has 7 heterocycles. The summed E-state index contributed by atoms with van der Waals surface area (Å²) < 4.78 is 46.5. The van der Waals surface area contributed by atoms with Crippen LogP contribution in [-0.4, -0.2) is 267 Å². The van der Waals surface area contributed by atoms with E-state index in [1.165, 1.54) is 92.7 Å². The molecule has 11 rings (SSSR count). The maximum Gasteiger partial charge on any atom is 0.410 e. The van der Waals surface area contributed by atoms with Crippen LogP contribution in [0.25, 0.3) is 5.65 Å². The Bertz CT molecular complexity index is 2590. The van der Waals surface area contributed by atoms with Crippen LogP contribution in [0, 0.1) is 36.5 Å². The van der Waals surface area contributed by atoms with Gasteiger partial charge in [-0.3, -0.25) is 23.9 Å². The smallest absolute Gasteiger partial charge is 0.410 e. The summed E-state index contributed by atoms with van der Waals surface area (Å²) in [5, 5.41) is 9.23. The van der Waals surface area contributed by atoms with Crippen molar-refractivity contribution in [2.45, 2.75) is 135 Å². The van der Waals surface area contributed by atoms with Crippen LogP contribution in [0.15, 0.2) is 24.8 Å². The highest BCUT2D eigenvalue weighted by Crippen LogP contribution is 2.32. The summed E-state index contributed by atoms with van der Waals surface area (Å²) in [4.78, 5) is 75.6. The third-order valence-electron chi connectivity index (χ3n) is 15.9. The van der Waals surface area contributed by atoms with Crippen LogP contribution < -0.4 is 20.9 Å². The Kier molecular flexibility index (Phi) is 35.0. The van der Waals surface area contributed by atoms with Gasteiger partial charge in [-0.1, -0.05) is 0 Å². The van der Waals surface area contributed by atoms with Crippen LogP contribution in [0.5, 0.6) is 0 Å². The van der Waals surface area contributed by atoms with E-state index >= 15 is 0 Å². The Labute approximate surface area is 557 Å². The SMILES string of the molecule is CC(C)(C)OC(=O)N1CC(C=O)C1.COCCN(CC1CN(C(=O)OC(C)(C)C)C1)C1CC1.COCCN(CC1CN(c2cnc(C(=O)Nc3cn4cc(C)nc4c(F)n3)cn2)C1)C1CC1.COCCN(CC1CNC1)C1CC1.COCCNC1CC1.Cl.Cl.Cl.O. The second-order valence-electron chi connectivity index (χ2n) is 26.5. The van der Waals surface area contributed by atoms with E-state index in [9.17, 15) is 23.6 Å². The van der Waals surface area contributed by atoms with Crippen LogP contribution in [0.1, 0.15) is 109 Å². The number of aromatic nitrogens is 5. The molecule has 3 amide bonds. The maximum atomic E-state index is 14.1. The highest BCUT2D eigenvalue weighted by Gasteiger charge is 2.39. The predicted molar refractivity (Wildman–Crippen MR) is 356 cm³/mol. The molecule has 0 atom stereocenters. The fourth-order valence-corrected chi connectivity index (χ4v) is 10.4. The van der Waals surface area contributed by atoms with Gasteiger partial charge in [-0.15, -0.1) is 37.2 Å². The van der Waals surface area contributed by atoms with E-state index in [1.54, 1.807) is 52.7 Å². The number of hydrogen-bond acceptors (Lipinski definition) is 20. The Morgan fingerprint density at radius 3 is 1.53 bits per heavy atom. The molecule has 0 spiro atoms. The second-order valence-corrected chi connectivity index (χ2v) is 26.5. The Morgan fingerprint density at radius 2 is 1.12 bits per heavy atom. The van der Waals surface area contributed by atoms with Gasteiger partial charge >= 0.3 is 12.2 Å². The quantitative estimate of drug-likeness (QED) is 0.0621. The molecule has 0 unspecified atom stereocenters. The lowest BCUT2D eigenvalue weighted by molar-refractivity contribution is -0.115. The molecule has 4 saturated heterocycles. The van der Waals surface area contributed by atoms with E-state index in [4.69, 9.17) is 28.4 Å². The topological polar surface area (TPSA) is 267 Å². The largest absolute Gasteiger partial charge is 0.444 e. The number of carbonyl (C=O) groups excluding carboxylic acids is 4. The number of ether oxygens (including phenoxy) is 6. The van der Waals surface area contributed by atoms with Crippen molar-refractivity contribution in [2.75, 3.05) is 163 Å². The number of nitrogens with one attached hydrogen (secondary N) is 3. The normalized spacial score (nSPS) is 18.0. The average Bonchev–Trinajstić information content (AvgIpc) is 2.02. The van der Waals surface area contributed by atoms with Crippen molar-refractivity contribution in [1.82, 2.24) is 59.5 Å². The summed E-state index contributed by atoms with van der Waals surface area (Å²) in [6, 6.07) is 3.18. The van der Waals surface area contributed by atoms with Crippen molar-refractivity contribution < 1.29 is 57.5 Å². The first-order valence-corrected chi connectivity index (χ1v) is 31.6. The summed E-state index contributed by atoms with van der Waals surface area (Å²) in [6.45, 7) is 30.7. The van der Waals surface area contributed by atoms with E-state index in [2.05, 4.69) is 55.5 Å². The fourth-order valence-electron chi connectivity index (χ4n) is 10.4. The van der Waals surface area contributed by atoms with Crippen LogP contribution in [0.2, 0.25) is 0 Å². The predicted octanol–water partition coefficient (Wildman–Crippen LogP) is 5.92. The maximum absolute atomic E-state index is 14.1. The van der Waals surface area contributed by atoms with Crippen molar-refractivity contribution in [1.29, 1.82) is 0 Å². The summed E-state index contributed by atoms with van der Waals surface area (Å²) in [5.74, 6) is 1.65. The third kappa shape index (κ3) is 28.6. The molecule has 3 aromatic rings. The van der Waals surface area contributed by atoms with E-state index < -0.39 is 23.1 Å². The summed E-state index contributed by atoms with van der Waals surface area (Å²) in [5.41, 5.74) is 0.0502. The lowest BCUT2D eigenvalue weighted by Gasteiger charge is -2.42. The van der Waals surface area contributed by atoms with E-state index in [0.717, 1.165) is 128 Å². The fraction of sp³-hybridized carbons (Fsp3) is 0.774. The van der Waals surface area contributed by atoms with Gasteiger partial charge in [-0.25, -0.2) is 24.5 Å². The van der Waals surface area contributed by atoms with Gasteiger partial charge in [0.1, 0.15) is 29.0 Å². The van der Waals surface area contributed by atoms with Crippen LogP contribution in [0.3, 0.4) is 0 Å². The van der Waals surface area contributed by atoms with Crippen molar-refractivity contribution in [3.05, 3.63) is 42.1 Å². The number of nitrogens with zero attached hydrogens (tertiary/aromatic N) is 11. The Hall–Kier alpha value is -4.42. The number of anilines is 2. The molecule has 3 aromatic heterocycles. The molecule has 5 N–H and O–H groups in total. The van der Waals surface area contributed by atoms with Crippen molar-refractivity contribution >= 4 is 78.9 Å². The van der Waals surface area contributed by atoms with Crippen LogP contribution in [-0.2, 0) is 33.2 Å². The molecular weight excluding hydrogens is 1240 g/mol. The first-order chi connectivity index (χ1) is 41.6. The molecule has 0 radical (unpaired) electrons. The number of methoxy groups -OCH3 is 4. The molecule has 8 fully saturated rings. The van der Waals surface area contributed by atoms with Gasteiger partial charge in [-0.05, 0) is 106 Å².